The Morgan fingerprint density at radius 3 is 2.73 bits per heavy atom. The van der Waals surface area contributed by atoms with E-state index >= 15 is 0 Å². The number of carbonyl (C=O) groups excluding carboxylic acids is 1. The standard InChI is InChI=1S/C11H22N2O2/c1-8(2)10(7-14)13-11(15)9-5-3-4-6-12-9/h8-10,12,14H,3-7H2,1-2H3,(H,13,15)/t9-,10-/m1/s1. The highest BCUT2D eigenvalue weighted by atomic mass is 16.3. The third kappa shape index (κ3) is 3.80. The molecule has 0 aromatic heterocycles. The summed E-state index contributed by atoms with van der Waals surface area (Å²) in [5.74, 6) is 0.296. The molecular formula is C11H22N2O2. The Morgan fingerprint density at radius 2 is 2.27 bits per heavy atom. The first kappa shape index (κ1) is 12.5. The lowest BCUT2D eigenvalue weighted by atomic mass is 10.0. The highest BCUT2D eigenvalue weighted by molar-refractivity contribution is 5.82. The van der Waals surface area contributed by atoms with Gasteiger partial charge in [0.25, 0.3) is 0 Å². The van der Waals surface area contributed by atoms with E-state index in [4.69, 9.17) is 5.11 Å². The SMILES string of the molecule is CC(C)[C@@H](CO)NC(=O)[C@H]1CCCCN1. The predicted octanol–water partition coefficient (Wildman–Crippen LogP) is 0.262. The van der Waals surface area contributed by atoms with Crippen molar-refractivity contribution in [3.05, 3.63) is 0 Å². The Bertz CT molecular complexity index is 201. The summed E-state index contributed by atoms with van der Waals surface area (Å²) in [6.45, 7) is 4.92. The van der Waals surface area contributed by atoms with Crippen molar-refractivity contribution in [2.24, 2.45) is 5.92 Å². The van der Waals surface area contributed by atoms with Crippen LogP contribution >= 0.6 is 0 Å². The molecule has 1 heterocycles. The number of nitrogens with one attached hydrogen (secondary N) is 2. The summed E-state index contributed by atoms with van der Waals surface area (Å²) in [5.41, 5.74) is 0. The molecule has 0 radical (unpaired) electrons. The molecule has 1 aliphatic rings. The number of hydrogen-bond acceptors (Lipinski definition) is 3. The monoisotopic (exact) mass is 214 g/mol. The molecule has 1 rings (SSSR count). The molecule has 0 bridgehead atoms. The van der Waals surface area contributed by atoms with Gasteiger partial charge >= 0.3 is 0 Å². The van der Waals surface area contributed by atoms with E-state index in [1.54, 1.807) is 0 Å². The molecule has 88 valence electrons. The lowest BCUT2D eigenvalue weighted by Crippen LogP contribution is -2.51. The number of aliphatic hydroxyl groups is 1. The van der Waals surface area contributed by atoms with Gasteiger partial charge in [-0.3, -0.25) is 4.79 Å². The summed E-state index contributed by atoms with van der Waals surface area (Å²) in [6, 6.07) is -0.187. The molecule has 0 saturated carbocycles. The van der Waals surface area contributed by atoms with E-state index < -0.39 is 0 Å². The highest BCUT2D eigenvalue weighted by Crippen LogP contribution is 2.08. The quantitative estimate of drug-likeness (QED) is 0.629. The van der Waals surface area contributed by atoms with Crippen LogP contribution in [0.15, 0.2) is 0 Å². The second kappa shape index (κ2) is 6.08. The van der Waals surface area contributed by atoms with Gasteiger partial charge in [-0.25, -0.2) is 0 Å². The van der Waals surface area contributed by atoms with Crippen LogP contribution in [-0.4, -0.2) is 36.2 Å². The van der Waals surface area contributed by atoms with Gasteiger partial charge in [0.15, 0.2) is 0 Å². The lowest BCUT2D eigenvalue weighted by Gasteiger charge is -2.26. The minimum Gasteiger partial charge on any atom is -0.394 e. The zero-order valence-electron chi connectivity index (χ0n) is 9.62. The van der Waals surface area contributed by atoms with Crippen LogP contribution in [-0.2, 0) is 4.79 Å². The van der Waals surface area contributed by atoms with Crippen molar-refractivity contribution in [1.29, 1.82) is 0 Å². The molecule has 2 atom stereocenters. The summed E-state index contributed by atoms with van der Waals surface area (Å²) >= 11 is 0. The fourth-order valence-corrected chi connectivity index (χ4v) is 1.78. The number of amides is 1. The van der Waals surface area contributed by atoms with Crippen LogP contribution in [0.2, 0.25) is 0 Å². The number of rotatable bonds is 4. The molecule has 15 heavy (non-hydrogen) atoms. The van der Waals surface area contributed by atoms with E-state index in [-0.39, 0.29) is 30.5 Å². The number of carbonyl (C=O) groups is 1. The zero-order chi connectivity index (χ0) is 11.3. The second-order valence-electron chi connectivity index (χ2n) is 4.54. The van der Waals surface area contributed by atoms with Crippen LogP contribution in [0.3, 0.4) is 0 Å². The van der Waals surface area contributed by atoms with Crippen molar-refractivity contribution in [3.63, 3.8) is 0 Å². The van der Waals surface area contributed by atoms with Crippen molar-refractivity contribution in [2.75, 3.05) is 13.2 Å². The van der Waals surface area contributed by atoms with Crippen molar-refractivity contribution in [3.8, 4) is 0 Å². The molecule has 3 N–H and O–H groups in total. The average Bonchev–Trinajstić information content (AvgIpc) is 2.26. The maximum atomic E-state index is 11.8. The normalized spacial score (nSPS) is 23.9. The van der Waals surface area contributed by atoms with Gasteiger partial charge in [-0.15, -0.1) is 0 Å². The number of aliphatic hydroxyl groups excluding tert-OH is 1. The Labute approximate surface area is 91.4 Å². The first-order chi connectivity index (χ1) is 7.15. The minimum atomic E-state index is -0.124. The van der Waals surface area contributed by atoms with E-state index in [9.17, 15) is 4.79 Å². The minimum absolute atomic E-state index is 0.0100. The van der Waals surface area contributed by atoms with E-state index in [1.165, 1.54) is 0 Å². The molecule has 1 fully saturated rings. The van der Waals surface area contributed by atoms with Gasteiger partial charge in [-0.2, -0.15) is 0 Å². The lowest BCUT2D eigenvalue weighted by molar-refractivity contribution is -0.125. The van der Waals surface area contributed by atoms with E-state index in [1.807, 2.05) is 13.8 Å². The first-order valence-corrected chi connectivity index (χ1v) is 5.79. The van der Waals surface area contributed by atoms with E-state index in [0.29, 0.717) is 0 Å². The zero-order valence-corrected chi connectivity index (χ0v) is 9.62. The van der Waals surface area contributed by atoms with Crippen molar-refractivity contribution >= 4 is 5.91 Å². The summed E-state index contributed by atoms with van der Waals surface area (Å²) in [4.78, 5) is 11.8. The van der Waals surface area contributed by atoms with Crippen molar-refractivity contribution < 1.29 is 9.90 Å². The third-order valence-corrected chi connectivity index (χ3v) is 2.96. The molecular weight excluding hydrogens is 192 g/mol. The molecule has 1 saturated heterocycles. The summed E-state index contributed by atoms with van der Waals surface area (Å²) in [7, 11) is 0. The average molecular weight is 214 g/mol. The highest BCUT2D eigenvalue weighted by Gasteiger charge is 2.23. The van der Waals surface area contributed by atoms with Gasteiger partial charge in [0.05, 0.1) is 18.7 Å². The molecule has 1 aliphatic heterocycles. The summed E-state index contributed by atoms with van der Waals surface area (Å²) in [6.07, 6.45) is 3.16. The molecule has 0 aromatic carbocycles. The molecule has 1 amide bonds. The summed E-state index contributed by atoms with van der Waals surface area (Å²) < 4.78 is 0. The van der Waals surface area contributed by atoms with Crippen molar-refractivity contribution in [2.45, 2.75) is 45.2 Å². The van der Waals surface area contributed by atoms with Gasteiger partial charge in [0.1, 0.15) is 0 Å². The van der Waals surface area contributed by atoms with Gasteiger partial charge in [0, 0.05) is 0 Å². The van der Waals surface area contributed by atoms with Crippen LogP contribution in [0, 0.1) is 5.92 Å². The predicted molar refractivity (Wildman–Crippen MR) is 59.5 cm³/mol. The largest absolute Gasteiger partial charge is 0.394 e. The van der Waals surface area contributed by atoms with Gasteiger partial charge < -0.3 is 15.7 Å². The van der Waals surface area contributed by atoms with E-state index in [2.05, 4.69) is 10.6 Å². The maximum absolute atomic E-state index is 11.8. The fraction of sp³-hybridized carbons (Fsp3) is 0.909. The molecule has 4 heteroatoms. The molecule has 0 spiro atoms. The first-order valence-electron chi connectivity index (χ1n) is 5.79. The van der Waals surface area contributed by atoms with Crippen LogP contribution in [0.25, 0.3) is 0 Å². The van der Waals surface area contributed by atoms with Gasteiger partial charge in [-0.1, -0.05) is 20.3 Å². The van der Waals surface area contributed by atoms with Gasteiger partial charge in [-0.05, 0) is 25.3 Å². The van der Waals surface area contributed by atoms with Crippen LogP contribution in [0.4, 0.5) is 0 Å². The Kier molecular flexibility index (Phi) is 5.05. The Morgan fingerprint density at radius 1 is 1.53 bits per heavy atom. The smallest absolute Gasteiger partial charge is 0.237 e. The maximum Gasteiger partial charge on any atom is 0.237 e. The number of piperidine rings is 1. The van der Waals surface area contributed by atoms with E-state index in [0.717, 1.165) is 25.8 Å². The molecule has 0 aromatic rings. The topological polar surface area (TPSA) is 61.4 Å². The molecule has 0 unspecified atom stereocenters. The third-order valence-electron chi connectivity index (χ3n) is 2.96. The second-order valence-corrected chi connectivity index (χ2v) is 4.54. The van der Waals surface area contributed by atoms with Gasteiger partial charge in [0.2, 0.25) is 5.91 Å². The van der Waals surface area contributed by atoms with Crippen LogP contribution in [0.5, 0.6) is 0 Å². The number of hydrogen-bond donors (Lipinski definition) is 3. The fourth-order valence-electron chi connectivity index (χ4n) is 1.78. The summed E-state index contributed by atoms with van der Waals surface area (Å²) in [5, 5.41) is 15.2. The van der Waals surface area contributed by atoms with Crippen LogP contribution < -0.4 is 10.6 Å². The molecule has 4 nitrogen and oxygen atoms in total. The molecule has 0 aliphatic carbocycles. The Balaban J connectivity index is 2.38. The van der Waals surface area contributed by atoms with Crippen molar-refractivity contribution in [1.82, 2.24) is 10.6 Å². The van der Waals surface area contributed by atoms with Crippen LogP contribution in [0.1, 0.15) is 33.1 Å². The Hall–Kier alpha value is -0.610.